The first-order chi connectivity index (χ1) is 8.61. The number of piperazine rings is 1. The molecule has 1 aromatic rings. The van der Waals surface area contributed by atoms with Gasteiger partial charge in [0.25, 0.3) is 0 Å². The minimum atomic E-state index is -0.831. The van der Waals surface area contributed by atoms with Crippen molar-refractivity contribution in [1.82, 2.24) is 4.90 Å². The number of carboxylic acid groups (broad SMARTS) is 1. The lowest BCUT2D eigenvalue weighted by atomic mass is 10.1. The second-order valence-corrected chi connectivity index (χ2v) is 4.52. The Bertz CT molecular complexity index is 463. The van der Waals surface area contributed by atoms with Gasteiger partial charge in [0.1, 0.15) is 0 Å². The third-order valence-electron chi connectivity index (χ3n) is 3.29. The van der Waals surface area contributed by atoms with Crippen molar-refractivity contribution in [2.24, 2.45) is 0 Å². The maximum atomic E-state index is 10.9. The zero-order valence-electron chi connectivity index (χ0n) is 10.6. The van der Waals surface area contributed by atoms with Crippen molar-refractivity contribution in [2.45, 2.75) is 6.92 Å². The molecule has 1 N–H and O–H groups in total. The van der Waals surface area contributed by atoms with Crippen molar-refractivity contribution in [3.05, 3.63) is 35.9 Å². The van der Waals surface area contributed by atoms with Crippen LogP contribution in [0.25, 0.3) is 6.08 Å². The predicted octanol–water partition coefficient (Wildman–Crippen LogP) is 2.44. The van der Waals surface area contributed by atoms with Crippen LogP contribution in [-0.4, -0.2) is 42.3 Å². The Morgan fingerprint density at radius 2 is 2.00 bits per heavy atom. The van der Waals surface area contributed by atoms with E-state index in [1.165, 1.54) is 10.5 Å². The van der Waals surface area contributed by atoms with Gasteiger partial charge in [-0.2, -0.15) is 0 Å². The van der Waals surface area contributed by atoms with E-state index in [1.807, 2.05) is 6.08 Å². The van der Waals surface area contributed by atoms with Gasteiger partial charge in [0.2, 0.25) is 0 Å². The summed E-state index contributed by atoms with van der Waals surface area (Å²) in [5.41, 5.74) is 3.46. The van der Waals surface area contributed by atoms with Crippen LogP contribution in [0.15, 0.2) is 24.8 Å². The highest BCUT2D eigenvalue weighted by atomic mass is 16.4. The molecule has 2 rings (SSSR count). The molecule has 1 aliphatic heterocycles. The Morgan fingerprint density at radius 1 is 1.33 bits per heavy atom. The van der Waals surface area contributed by atoms with Crippen molar-refractivity contribution < 1.29 is 9.90 Å². The molecule has 1 fully saturated rings. The van der Waals surface area contributed by atoms with Gasteiger partial charge in [0.15, 0.2) is 0 Å². The fourth-order valence-corrected chi connectivity index (χ4v) is 2.26. The van der Waals surface area contributed by atoms with Crippen LogP contribution in [0.1, 0.15) is 11.1 Å². The van der Waals surface area contributed by atoms with E-state index in [4.69, 9.17) is 5.11 Å². The van der Waals surface area contributed by atoms with Gasteiger partial charge in [-0.3, -0.25) is 0 Å². The van der Waals surface area contributed by atoms with Crippen molar-refractivity contribution in [3.8, 4) is 0 Å². The van der Waals surface area contributed by atoms with E-state index >= 15 is 0 Å². The van der Waals surface area contributed by atoms with E-state index in [2.05, 4.69) is 36.6 Å². The minimum absolute atomic E-state index is 0.555. The molecule has 96 valence electrons. The molecule has 0 aliphatic carbocycles. The van der Waals surface area contributed by atoms with Crippen LogP contribution in [0.5, 0.6) is 0 Å². The first-order valence-electron chi connectivity index (χ1n) is 6.07. The molecule has 4 nitrogen and oxygen atoms in total. The van der Waals surface area contributed by atoms with Gasteiger partial charge in [-0.15, -0.1) is 0 Å². The number of nitrogens with zero attached hydrogens (tertiary/aromatic N) is 2. The summed E-state index contributed by atoms with van der Waals surface area (Å²) in [5.74, 6) is 0. The highest BCUT2D eigenvalue weighted by Crippen LogP contribution is 2.24. The van der Waals surface area contributed by atoms with E-state index in [0.717, 1.165) is 24.3 Å². The number of amides is 1. The molecule has 1 aliphatic rings. The van der Waals surface area contributed by atoms with E-state index in [9.17, 15) is 4.79 Å². The van der Waals surface area contributed by atoms with Crippen molar-refractivity contribution >= 4 is 17.9 Å². The summed E-state index contributed by atoms with van der Waals surface area (Å²) in [6.45, 7) is 8.47. The lowest BCUT2D eigenvalue weighted by Crippen LogP contribution is -2.48. The Kier molecular flexibility index (Phi) is 3.55. The summed E-state index contributed by atoms with van der Waals surface area (Å²) in [5, 5.41) is 8.92. The third kappa shape index (κ3) is 2.47. The monoisotopic (exact) mass is 246 g/mol. The highest BCUT2D eigenvalue weighted by Gasteiger charge is 2.21. The molecule has 0 bridgehead atoms. The van der Waals surface area contributed by atoms with E-state index < -0.39 is 6.09 Å². The zero-order chi connectivity index (χ0) is 13.1. The standard InChI is InChI=1S/C14H18N2O2/c1-3-12-10-11(2)4-5-13(12)15-6-8-16(9-7-15)14(17)18/h3-5,10H,1,6-9H2,2H3,(H,17,18). The summed E-state index contributed by atoms with van der Waals surface area (Å²) in [6.07, 6.45) is 1.02. The Balaban J connectivity index is 2.14. The van der Waals surface area contributed by atoms with Gasteiger partial charge in [0, 0.05) is 31.9 Å². The van der Waals surface area contributed by atoms with Crippen LogP contribution in [0.3, 0.4) is 0 Å². The van der Waals surface area contributed by atoms with E-state index in [0.29, 0.717) is 13.1 Å². The fourth-order valence-electron chi connectivity index (χ4n) is 2.26. The lowest BCUT2D eigenvalue weighted by molar-refractivity contribution is 0.142. The van der Waals surface area contributed by atoms with Crippen molar-refractivity contribution in [1.29, 1.82) is 0 Å². The van der Waals surface area contributed by atoms with Gasteiger partial charge in [-0.25, -0.2) is 4.79 Å². The molecule has 1 heterocycles. The number of aryl methyl sites for hydroxylation is 1. The Labute approximate surface area is 107 Å². The molecule has 0 saturated carbocycles. The normalized spacial score (nSPS) is 15.6. The molecule has 1 amide bonds. The van der Waals surface area contributed by atoms with Crippen LogP contribution in [0.4, 0.5) is 10.5 Å². The SMILES string of the molecule is C=Cc1cc(C)ccc1N1CCN(C(=O)O)CC1. The van der Waals surface area contributed by atoms with Crippen molar-refractivity contribution in [3.63, 3.8) is 0 Å². The summed E-state index contributed by atoms with van der Waals surface area (Å²) < 4.78 is 0. The number of hydrogen-bond acceptors (Lipinski definition) is 2. The molecule has 0 aromatic heterocycles. The molecule has 0 spiro atoms. The quantitative estimate of drug-likeness (QED) is 0.871. The van der Waals surface area contributed by atoms with Crippen LogP contribution in [0.2, 0.25) is 0 Å². The topological polar surface area (TPSA) is 43.8 Å². The van der Waals surface area contributed by atoms with Gasteiger partial charge >= 0.3 is 6.09 Å². The second kappa shape index (κ2) is 5.12. The van der Waals surface area contributed by atoms with Gasteiger partial charge in [-0.1, -0.05) is 24.3 Å². The average Bonchev–Trinajstić information content (AvgIpc) is 2.38. The number of hydrogen-bond donors (Lipinski definition) is 1. The molecule has 0 unspecified atom stereocenters. The smallest absolute Gasteiger partial charge is 0.407 e. The average molecular weight is 246 g/mol. The Hall–Kier alpha value is -1.97. The number of anilines is 1. The number of carbonyl (C=O) groups is 1. The summed E-state index contributed by atoms with van der Waals surface area (Å²) in [6, 6.07) is 6.26. The van der Waals surface area contributed by atoms with Crippen LogP contribution in [-0.2, 0) is 0 Å². The van der Waals surface area contributed by atoms with Gasteiger partial charge in [-0.05, 0) is 24.6 Å². The molecule has 0 atom stereocenters. The molecular weight excluding hydrogens is 228 g/mol. The van der Waals surface area contributed by atoms with E-state index in [-0.39, 0.29) is 0 Å². The minimum Gasteiger partial charge on any atom is -0.465 e. The Morgan fingerprint density at radius 3 is 2.56 bits per heavy atom. The predicted molar refractivity (Wildman–Crippen MR) is 73.1 cm³/mol. The maximum absolute atomic E-state index is 10.9. The molecule has 18 heavy (non-hydrogen) atoms. The molecule has 0 radical (unpaired) electrons. The lowest BCUT2D eigenvalue weighted by Gasteiger charge is -2.35. The first kappa shape index (κ1) is 12.5. The number of rotatable bonds is 2. The van der Waals surface area contributed by atoms with Crippen LogP contribution in [0, 0.1) is 6.92 Å². The largest absolute Gasteiger partial charge is 0.465 e. The molecule has 4 heteroatoms. The third-order valence-corrected chi connectivity index (χ3v) is 3.29. The van der Waals surface area contributed by atoms with E-state index in [1.54, 1.807) is 0 Å². The highest BCUT2D eigenvalue weighted by molar-refractivity contribution is 5.69. The number of benzene rings is 1. The molecule has 1 aromatic carbocycles. The maximum Gasteiger partial charge on any atom is 0.407 e. The molecular formula is C14H18N2O2. The van der Waals surface area contributed by atoms with Crippen LogP contribution < -0.4 is 4.90 Å². The van der Waals surface area contributed by atoms with Crippen molar-refractivity contribution in [2.75, 3.05) is 31.1 Å². The summed E-state index contributed by atoms with van der Waals surface area (Å²) in [4.78, 5) is 14.5. The van der Waals surface area contributed by atoms with Crippen LogP contribution >= 0.6 is 0 Å². The fraction of sp³-hybridized carbons (Fsp3) is 0.357. The zero-order valence-corrected chi connectivity index (χ0v) is 10.6. The summed E-state index contributed by atoms with van der Waals surface area (Å²) >= 11 is 0. The second-order valence-electron chi connectivity index (χ2n) is 4.52. The van der Waals surface area contributed by atoms with Gasteiger partial charge < -0.3 is 14.9 Å². The molecule has 1 saturated heterocycles. The van der Waals surface area contributed by atoms with Gasteiger partial charge in [0.05, 0.1) is 0 Å². The first-order valence-corrected chi connectivity index (χ1v) is 6.07. The summed E-state index contributed by atoms with van der Waals surface area (Å²) in [7, 11) is 0.